The highest BCUT2D eigenvalue weighted by atomic mass is 32.2. The Balaban J connectivity index is 1.85. The van der Waals surface area contributed by atoms with Crippen LogP contribution in [0.25, 0.3) is 0 Å². The summed E-state index contributed by atoms with van der Waals surface area (Å²) in [6, 6.07) is 6.24. The van der Waals surface area contributed by atoms with Gasteiger partial charge in [0.05, 0.1) is 17.9 Å². The van der Waals surface area contributed by atoms with Crippen molar-refractivity contribution in [3.8, 4) is 0 Å². The zero-order chi connectivity index (χ0) is 14.1. The molecule has 0 fully saturated rings. The summed E-state index contributed by atoms with van der Waals surface area (Å²) >= 11 is 1.69. The predicted octanol–water partition coefficient (Wildman–Crippen LogP) is 3.69. The first-order valence-electron chi connectivity index (χ1n) is 6.42. The molecular formula is C15H14FNO2S. The Hall–Kier alpha value is -1.75. The molecule has 0 spiro atoms. The molecule has 1 atom stereocenters. The third-order valence-corrected chi connectivity index (χ3v) is 4.54. The number of hydrogen-bond acceptors (Lipinski definition) is 3. The number of aryl methyl sites for hydroxylation is 1. The Morgan fingerprint density at radius 2 is 2.30 bits per heavy atom. The number of carbonyl (C=O) groups is 1. The fourth-order valence-electron chi connectivity index (χ4n) is 2.37. The van der Waals surface area contributed by atoms with Gasteiger partial charge in [0.1, 0.15) is 11.6 Å². The van der Waals surface area contributed by atoms with Gasteiger partial charge in [-0.2, -0.15) is 0 Å². The second kappa shape index (κ2) is 5.32. The molecule has 104 valence electrons. The molecule has 0 unspecified atom stereocenters. The van der Waals surface area contributed by atoms with Crippen LogP contribution >= 0.6 is 11.8 Å². The van der Waals surface area contributed by atoms with Crippen molar-refractivity contribution in [2.24, 2.45) is 0 Å². The lowest BCUT2D eigenvalue weighted by atomic mass is 10.0. The summed E-state index contributed by atoms with van der Waals surface area (Å²) in [5.41, 5.74) is 1.39. The Kier molecular flexibility index (Phi) is 3.53. The monoisotopic (exact) mass is 291 g/mol. The number of fused-ring (bicyclic) bond motifs is 1. The van der Waals surface area contributed by atoms with Crippen molar-refractivity contribution in [1.82, 2.24) is 5.32 Å². The number of halogens is 1. The highest BCUT2D eigenvalue weighted by Gasteiger charge is 2.24. The summed E-state index contributed by atoms with van der Waals surface area (Å²) in [6.07, 6.45) is 2.29. The number of carbonyl (C=O) groups excluding carboxylic acids is 1. The van der Waals surface area contributed by atoms with Crippen molar-refractivity contribution < 1.29 is 13.6 Å². The van der Waals surface area contributed by atoms with E-state index in [1.54, 1.807) is 30.8 Å². The van der Waals surface area contributed by atoms with Gasteiger partial charge in [0.2, 0.25) is 0 Å². The first-order chi connectivity index (χ1) is 9.65. The number of rotatable bonds is 2. The number of thioether (sulfide) groups is 1. The van der Waals surface area contributed by atoms with Gasteiger partial charge in [-0.25, -0.2) is 4.39 Å². The number of hydrogen-bond donors (Lipinski definition) is 1. The molecule has 3 rings (SSSR count). The van der Waals surface area contributed by atoms with E-state index in [4.69, 9.17) is 4.42 Å². The van der Waals surface area contributed by atoms with Crippen LogP contribution in [0.3, 0.4) is 0 Å². The minimum Gasteiger partial charge on any atom is -0.469 e. The van der Waals surface area contributed by atoms with E-state index in [0.29, 0.717) is 11.3 Å². The van der Waals surface area contributed by atoms with Gasteiger partial charge in [-0.1, -0.05) is 0 Å². The summed E-state index contributed by atoms with van der Waals surface area (Å²) in [5, 5.41) is 2.97. The summed E-state index contributed by atoms with van der Waals surface area (Å²) in [7, 11) is 0. The SMILES string of the molecule is Cc1occc1C(=O)N[C@@H]1CCSc2ccc(F)cc21. The van der Waals surface area contributed by atoms with Crippen LogP contribution in [0.1, 0.15) is 34.1 Å². The van der Waals surface area contributed by atoms with Crippen molar-refractivity contribution in [1.29, 1.82) is 0 Å². The molecule has 2 heterocycles. The van der Waals surface area contributed by atoms with E-state index < -0.39 is 0 Å². The molecule has 1 aliphatic heterocycles. The average Bonchev–Trinajstić information content (AvgIpc) is 2.86. The zero-order valence-corrected chi connectivity index (χ0v) is 11.8. The van der Waals surface area contributed by atoms with Crippen LogP contribution in [-0.4, -0.2) is 11.7 Å². The van der Waals surface area contributed by atoms with Gasteiger partial charge in [0.25, 0.3) is 5.91 Å². The van der Waals surface area contributed by atoms with Crippen LogP contribution in [0.5, 0.6) is 0 Å². The van der Waals surface area contributed by atoms with Gasteiger partial charge < -0.3 is 9.73 Å². The van der Waals surface area contributed by atoms with Crippen molar-refractivity contribution in [2.75, 3.05) is 5.75 Å². The largest absolute Gasteiger partial charge is 0.469 e. The van der Waals surface area contributed by atoms with Gasteiger partial charge in [-0.15, -0.1) is 11.8 Å². The van der Waals surface area contributed by atoms with Crippen LogP contribution in [0, 0.1) is 12.7 Å². The first-order valence-corrected chi connectivity index (χ1v) is 7.41. The smallest absolute Gasteiger partial charge is 0.255 e. The lowest BCUT2D eigenvalue weighted by Crippen LogP contribution is -2.30. The van der Waals surface area contributed by atoms with Crippen molar-refractivity contribution in [3.63, 3.8) is 0 Å². The molecule has 5 heteroatoms. The molecule has 3 nitrogen and oxygen atoms in total. The molecule has 0 radical (unpaired) electrons. The van der Waals surface area contributed by atoms with Gasteiger partial charge in [-0.3, -0.25) is 4.79 Å². The Labute approximate surface area is 120 Å². The second-order valence-corrected chi connectivity index (χ2v) is 5.87. The quantitative estimate of drug-likeness (QED) is 0.917. The molecule has 20 heavy (non-hydrogen) atoms. The van der Waals surface area contributed by atoms with Crippen LogP contribution in [0.4, 0.5) is 4.39 Å². The van der Waals surface area contributed by atoms with Gasteiger partial charge in [0, 0.05) is 10.6 Å². The standard InChI is InChI=1S/C15H14FNO2S/c1-9-11(4-6-19-9)15(18)17-13-5-7-20-14-3-2-10(16)8-12(13)14/h2-4,6,8,13H,5,7H2,1H3,(H,17,18)/t13-/m1/s1. The van der Waals surface area contributed by atoms with Crippen LogP contribution in [-0.2, 0) is 0 Å². The maximum Gasteiger partial charge on any atom is 0.255 e. The highest BCUT2D eigenvalue weighted by molar-refractivity contribution is 7.99. The first kappa shape index (κ1) is 13.2. The lowest BCUT2D eigenvalue weighted by molar-refractivity contribution is 0.0933. The third kappa shape index (κ3) is 2.45. The Bertz CT molecular complexity index is 653. The van der Waals surface area contributed by atoms with E-state index in [2.05, 4.69) is 5.32 Å². The maximum atomic E-state index is 13.4. The molecule has 0 saturated carbocycles. The van der Waals surface area contributed by atoms with Crippen LogP contribution in [0.2, 0.25) is 0 Å². The normalized spacial score (nSPS) is 17.6. The van der Waals surface area contributed by atoms with Crippen LogP contribution in [0.15, 0.2) is 39.8 Å². The molecule has 0 aliphatic carbocycles. The maximum absolute atomic E-state index is 13.4. The van der Waals surface area contributed by atoms with Crippen molar-refractivity contribution in [3.05, 3.63) is 53.2 Å². The molecule has 1 aromatic heterocycles. The molecule has 0 bridgehead atoms. The molecule has 1 aromatic carbocycles. The predicted molar refractivity (Wildman–Crippen MR) is 75.4 cm³/mol. The van der Waals surface area contributed by atoms with Crippen molar-refractivity contribution in [2.45, 2.75) is 24.3 Å². The Morgan fingerprint density at radius 3 is 3.05 bits per heavy atom. The van der Waals surface area contributed by atoms with E-state index in [9.17, 15) is 9.18 Å². The molecule has 1 amide bonds. The zero-order valence-electron chi connectivity index (χ0n) is 11.0. The van der Waals surface area contributed by atoms with E-state index in [0.717, 1.165) is 22.6 Å². The van der Waals surface area contributed by atoms with E-state index >= 15 is 0 Å². The summed E-state index contributed by atoms with van der Waals surface area (Å²) in [6.45, 7) is 1.75. The highest BCUT2D eigenvalue weighted by Crippen LogP contribution is 2.36. The van der Waals surface area contributed by atoms with E-state index in [1.807, 2.05) is 0 Å². The minimum absolute atomic E-state index is 0.149. The average molecular weight is 291 g/mol. The van der Waals surface area contributed by atoms with E-state index in [-0.39, 0.29) is 17.8 Å². The number of amides is 1. The fourth-order valence-corrected chi connectivity index (χ4v) is 3.48. The number of furan rings is 1. The van der Waals surface area contributed by atoms with Crippen molar-refractivity contribution >= 4 is 17.7 Å². The van der Waals surface area contributed by atoms with Gasteiger partial charge in [0.15, 0.2) is 0 Å². The van der Waals surface area contributed by atoms with E-state index in [1.165, 1.54) is 18.4 Å². The molecule has 0 saturated heterocycles. The fraction of sp³-hybridized carbons (Fsp3) is 0.267. The Morgan fingerprint density at radius 1 is 1.45 bits per heavy atom. The molecule has 2 aromatic rings. The molecule has 1 N–H and O–H groups in total. The second-order valence-electron chi connectivity index (χ2n) is 4.74. The van der Waals surface area contributed by atoms with Gasteiger partial charge >= 0.3 is 0 Å². The molecule has 1 aliphatic rings. The number of nitrogens with one attached hydrogen (secondary N) is 1. The number of benzene rings is 1. The lowest BCUT2D eigenvalue weighted by Gasteiger charge is -2.25. The minimum atomic E-state index is -0.273. The third-order valence-electron chi connectivity index (χ3n) is 3.42. The molecular weight excluding hydrogens is 277 g/mol. The van der Waals surface area contributed by atoms with Gasteiger partial charge in [-0.05, 0) is 43.2 Å². The summed E-state index contributed by atoms with van der Waals surface area (Å²) < 4.78 is 18.5. The summed E-state index contributed by atoms with van der Waals surface area (Å²) in [5.74, 6) is 1.05. The summed E-state index contributed by atoms with van der Waals surface area (Å²) in [4.78, 5) is 13.3. The van der Waals surface area contributed by atoms with Crippen LogP contribution < -0.4 is 5.32 Å². The topological polar surface area (TPSA) is 42.2 Å².